The number of ether oxygens (including phenoxy) is 2. The maximum absolute atomic E-state index is 12.8. The number of hydrogen-bond donors (Lipinski definition) is 1. The second kappa shape index (κ2) is 59.3. The molecule has 1 N–H and O–H groups in total. The summed E-state index contributed by atoms with van der Waals surface area (Å²) < 4.78 is 34.6. The Hall–Kier alpha value is -2.29. The van der Waals surface area contributed by atoms with Crippen LogP contribution in [0.25, 0.3) is 0 Å². The highest BCUT2D eigenvalue weighted by molar-refractivity contribution is 7.47. The van der Waals surface area contributed by atoms with Gasteiger partial charge in [-0.2, -0.15) is 0 Å². The van der Waals surface area contributed by atoms with Gasteiger partial charge in [0.05, 0.1) is 27.7 Å². The van der Waals surface area contributed by atoms with Crippen LogP contribution < -0.4 is 0 Å². The Bertz CT molecular complexity index is 1500. The maximum atomic E-state index is 12.8. The van der Waals surface area contributed by atoms with E-state index in [0.717, 1.165) is 77.0 Å². The molecule has 0 radical (unpaired) electrons. The van der Waals surface area contributed by atoms with Gasteiger partial charge in [-0.3, -0.25) is 18.6 Å². The van der Waals surface area contributed by atoms with E-state index in [4.69, 9.17) is 18.5 Å². The van der Waals surface area contributed by atoms with Crippen LogP contribution in [-0.4, -0.2) is 74.9 Å². The van der Waals surface area contributed by atoms with E-state index in [9.17, 15) is 19.0 Å². The molecule has 2 unspecified atom stereocenters. The highest BCUT2D eigenvalue weighted by Gasteiger charge is 2.27. The number of quaternary nitrogens is 1. The minimum absolute atomic E-state index is 0.0319. The van der Waals surface area contributed by atoms with Crippen molar-refractivity contribution in [3.63, 3.8) is 0 Å². The molecule has 456 valence electrons. The zero-order chi connectivity index (χ0) is 57.0. The number of phosphoric acid groups is 1. The summed E-state index contributed by atoms with van der Waals surface area (Å²) in [5.74, 6) is -0.794. The fourth-order valence-corrected chi connectivity index (χ4v) is 10.2. The van der Waals surface area contributed by atoms with Gasteiger partial charge in [-0.25, -0.2) is 4.57 Å². The summed E-state index contributed by atoms with van der Waals surface area (Å²) in [5.41, 5.74) is 0. The topological polar surface area (TPSA) is 108 Å². The molecule has 0 fully saturated rings. The van der Waals surface area contributed by atoms with Crippen LogP contribution >= 0.6 is 7.82 Å². The van der Waals surface area contributed by atoms with Crippen LogP contribution in [0.5, 0.6) is 0 Å². The first-order chi connectivity index (χ1) is 38.0. The van der Waals surface area contributed by atoms with E-state index in [1.165, 1.54) is 199 Å². The lowest BCUT2D eigenvalue weighted by Gasteiger charge is -2.24. The summed E-state index contributed by atoms with van der Waals surface area (Å²) in [5, 5.41) is 0. The normalized spacial score (nSPS) is 13.6. The van der Waals surface area contributed by atoms with Gasteiger partial charge in [0.15, 0.2) is 6.10 Å². The summed E-state index contributed by atoms with van der Waals surface area (Å²) in [6, 6.07) is 0. The largest absolute Gasteiger partial charge is 0.472 e. The van der Waals surface area contributed by atoms with Gasteiger partial charge in [0.25, 0.3) is 0 Å². The number of carbonyl (C=O) groups is 2. The molecule has 0 aromatic heterocycles. The van der Waals surface area contributed by atoms with E-state index in [-0.39, 0.29) is 32.0 Å². The molecule has 0 spiro atoms. The number of rotatable bonds is 61. The first kappa shape index (κ1) is 75.7. The van der Waals surface area contributed by atoms with E-state index in [0.29, 0.717) is 17.4 Å². The molecule has 0 aromatic carbocycles. The Balaban J connectivity index is 3.90. The zero-order valence-corrected chi connectivity index (χ0v) is 52.8. The first-order valence-corrected chi connectivity index (χ1v) is 34.5. The van der Waals surface area contributed by atoms with Crippen molar-refractivity contribution in [1.29, 1.82) is 0 Å². The van der Waals surface area contributed by atoms with Crippen LogP contribution in [0.3, 0.4) is 0 Å². The van der Waals surface area contributed by atoms with Gasteiger partial charge < -0.3 is 18.9 Å². The SMILES string of the molecule is CC/C=C\C/C=C\C/C=C\C/C=C\CCCCCCCCCCCCCCCCCCCCCCCCCCCCC(=O)OC(COC(=O)CCCCCCC/C=C\CCCCCCCC)COP(=O)(O)OCC[N+](C)(C)C. The molecule has 0 saturated carbocycles. The average Bonchev–Trinajstić information content (AvgIpc) is 3.41. The number of nitrogens with zero attached hydrogens (tertiary/aromatic N) is 1. The predicted octanol–water partition coefficient (Wildman–Crippen LogP) is 21.0. The lowest BCUT2D eigenvalue weighted by atomic mass is 10.0. The van der Waals surface area contributed by atoms with Crippen molar-refractivity contribution in [3.05, 3.63) is 60.8 Å². The number of esters is 2. The quantitative estimate of drug-likeness (QED) is 0.0211. The van der Waals surface area contributed by atoms with Gasteiger partial charge in [-0.05, 0) is 77.0 Å². The van der Waals surface area contributed by atoms with Crippen molar-refractivity contribution >= 4 is 19.8 Å². The van der Waals surface area contributed by atoms with Crippen LogP contribution in [0.2, 0.25) is 0 Å². The number of phosphoric ester groups is 1. The summed E-state index contributed by atoms with van der Waals surface area (Å²) in [4.78, 5) is 35.7. The van der Waals surface area contributed by atoms with E-state index in [1.807, 2.05) is 21.1 Å². The van der Waals surface area contributed by atoms with E-state index in [1.54, 1.807) is 0 Å². The van der Waals surface area contributed by atoms with Gasteiger partial charge in [0.2, 0.25) is 0 Å². The molecule has 2 atom stereocenters. The second-order valence-corrected chi connectivity index (χ2v) is 24.9. The van der Waals surface area contributed by atoms with Crippen LogP contribution in [0, 0.1) is 0 Å². The van der Waals surface area contributed by atoms with Crippen molar-refractivity contribution in [2.24, 2.45) is 0 Å². The van der Waals surface area contributed by atoms with Crippen molar-refractivity contribution in [2.45, 2.75) is 315 Å². The molecule has 0 aliphatic rings. The van der Waals surface area contributed by atoms with Gasteiger partial charge in [0.1, 0.15) is 19.8 Å². The molecule has 0 aliphatic heterocycles. The van der Waals surface area contributed by atoms with Crippen molar-refractivity contribution < 1.29 is 42.1 Å². The zero-order valence-electron chi connectivity index (χ0n) is 51.9. The lowest BCUT2D eigenvalue weighted by molar-refractivity contribution is -0.870. The van der Waals surface area contributed by atoms with Crippen molar-refractivity contribution in [3.8, 4) is 0 Å². The molecule has 0 saturated heterocycles. The standard InChI is InChI=1S/C68H126NO8P/c1-6-8-10-12-14-16-18-20-22-23-24-25-26-27-28-29-30-31-32-33-34-35-36-37-38-39-40-41-42-43-44-45-47-49-51-53-55-57-59-61-68(71)77-66(65-76-78(72,73)75-63-62-69(3,4)5)64-74-67(70)60-58-56-54-52-50-48-46-21-19-17-15-13-11-9-7-2/h8,10,14,16,20-22,24-25,46,66H,6-7,9,11-13,15,17-19,23,26-45,47-65H2,1-5H3/p+1/b10-8-,16-14-,22-20-,25-24-,46-21-. The molecule has 0 bridgehead atoms. The molecule has 0 aromatic rings. The molecule has 78 heavy (non-hydrogen) atoms. The monoisotopic (exact) mass is 1120 g/mol. The third kappa shape index (κ3) is 62.9. The summed E-state index contributed by atoms with van der Waals surface area (Å²) in [6.07, 6.45) is 77.6. The maximum Gasteiger partial charge on any atom is 0.472 e. The van der Waals surface area contributed by atoms with Gasteiger partial charge in [-0.1, -0.05) is 280 Å². The first-order valence-electron chi connectivity index (χ1n) is 33.0. The number of unbranched alkanes of at least 4 members (excludes halogenated alkanes) is 37. The van der Waals surface area contributed by atoms with Crippen molar-refractivity contribution in [1.82, 2.24) is 0 Å². The molecular formula is C68H127NO8P+. The smallest absolute Gasteiger partial charge is 0.462 e. The molecule has 0 amide bonds. The Labute approximate surface area is 483 Å². The fraction of sp³-hybridized carbons (Fsp3) is 0.824. The van der Waals surface area contributed by atoms with Crippen LogP contribution in [-0.2, 0) is 32.7 Å². The Morgan fingerprint density at radius 2 is 0.731 bits per heavy atom. The van der Waals surface area contributed by atoms with Gasteiger partial charge >= 0.3 is 19.8 Å². The Morgan fingerprint density at radius 1 is 0.410 bits per heavy atom. The summed E-state index contributed by atoms with van der Waals surface area (Å²) in [6.45, 7) is 4.34. The minimum Gasteiger partial charge on any atom is -0.462 e. The predicted molar refractivity (Wildman–Crippen MR) is 335 cm³/mol. The molecule has 0 aliphatic carbocycles. The van der Waals surface area contributed by atoms with E-state index >= 15 is 0 Å². The lowest BCUT2D eigenvalue weighted by Crippen LogP contribution is -2.37. The molecular weight excluding hydrogens is 990 g/mol. The number of hydrogen-bond acceptors (Lipinski definition) is 7. The van der Waals surface area contributed by atoms with Crippen LogP contribution in [0.15, 0.2) is 60.8 Å². The number of allylic oxidation sites excluding steroid dienone is 10. The van der Waals surface area contributed by atoms with E-state index < -0.39 is 26.5 Å². The van der Waals surface area contributed by atoms with Gasteiger partial charge in [-0.15, -0.1) is 0 Å². The molecule has 0 rings (SSSR count). The Morgan fingerprint density at radius 3 is 1.10 bits per heavy atom. The highest BCUT2D eigenvalue weighted by Crippen LogP contribution is 2.43. The van der Waals surface area contributed by atoms with Gasteiger partial charge in [0, 0.05) is 12.8 Å². The molecule has 9 nitrogen and oxygen atoms in total. The minimum atomic E-state index is -4.39. The summed E-state index contributed by atoms with van der Waals surface area (Å²) >= 11 is 0. The molecule has 0 heterocycles. The fourth-order valence-electron chi connectivity index (χ4n) is 9.48. The number of carbonyl (C=O) groups excluding carboxylic acids is 2. The third-order valence-electron chi connectivity index (χ3n) is 14.5. The van der Waals surface area contributed by atoms with Crippen LogP contribution in [0.1, 0.15) is 309 Å². The van der Waals surface area contributed by atoms with Crippen LogP contribution in [0.4, 0.5) is 0 Å². The third-order valence-corrected chi connectivity index (χ3v) is 15.5. The summed E-state index contributed by atoms with van der Waals surface area (Å²) in [7, 11) is 1.48. The number of likely N-dealkylation sites (N-methyl/N-ethyl adjacent to an activating group) is 1. The second-order valence-electron chi connectivity index (χ2n) is 23.5. The average molecular weight is 1120 g/mol. The highest BCUT2D eigenvalue weighted by atomic mass is 31.2. The Kier molecular flexibility index (Phi) is 57.6. The van der Waals surface area contributed by atoms with E-state index in [2.05, 4.69) is 74.6 Å². The molecule has 10 heteroatoms. The van der Waals surface area contributed by atoms with Crippen molar-refractivity contribution in [2.75, 3.05) is 47.5 Å².